The molecule has 26 heavy (non-hydrogen) atoms. The van der Waals surface area contributed by atoms with Crippen LogP contribution in [-0.2, 0) is 16.0 Å². The summed E-state index contributed by atoms with van der Waals surface area (Å²) in [6, 6.07) is 9.68. The first-order chi connectivity index (χ1) is 12.3. The van der Waals surface area contributed by atoms with Crippen LogP contribution in [0.25, 0.3) is 0 Å². The molecule has 1 aromatic rings. The van der Waals surface area contributed by atoms with Crippen molar-refractivity contribution in [3.63, 3.8) is 0 Å². The Morgan fingerprint density at radius 3 is 3.04 bits per heavy atom. The van der Waals surface area contributed by atoms with Crippen molar-refractivity contribution >= 4 is 29.9 Å². The highest BCUT2D eigenvalue weighted by molar-refractivity contribution is 14.0. The number of nitrogens with zero attached hydrogens (tertiary/aromatic N) is 2. The highest BCUT2D eigenvalue weighted by atomic mass is 127. The topological polar surface area (TPSA) is 78.7 Å². The highest BCUT2D eigenvalue weighted by Gasteiger charge is 2.14. The fourth-order valence-electron chi connectivity index (χ4n) is 2.62. The molecule has 1 heterocycles. The summed E-state index contributed by atoms with van der Waals surface area (Å²) in [5.41, 5.74) is 1.69. The van der Waals surface area contributed by atoms with Crippen LogP contribution in [0, 0.1) is 11.3 Å². The van der Waals surface area contributed by atoms with Gasteiger partial charge in [-0.05, 0) is 43.9 Å². The molecule has 1 atom stereocenters. The summed E-state index contributed by atoms with van der Waals surface area (Å²) >= 11 is 0. The molecule has 0 radical (unpaired) electrons. The van der Waals surface area contributed by atoms with Gasteiger partial charge in [0.1, 0.15) is 0 Å². The van der Waals surface area contributed by atoms with E-state index in [4.69, 9.17) is 14.7 Å². The maximum atomic E-state index is 8.95. The standard InChI is InChI=1S/C19H28N4O2.HI/c1-2-21-19(23-14-17-7-3-6-16(12-17)13-20)22-9-5-10-24-15-18-8-4-11-25-18;/h3,6-7,12,18H,2,4-5,8-11,14-15H2,1H3,(H2,21,22,23);1H. The van der Waals surface area contributed by atoms with E-state index in [-0.39, 0.29) is 30.1 Å². The maximum absolute atomic E-state index is 8.95. The summed E-state index contributed by atoms with van der Waals surface area (Å²) < 4.78 is 11.2. The molecular formula is C19H29IN4O2. The van der Waals surface area contributed by atoms with Crippen LogP contribution < -0.4 is 10.6 Å². The second kappa shape index (κ2) is 13.8. The van der Waals surface area contributed by atoms with Gasteiger partial charge in [-0.1, -0.05) is 12.1 Å². The van der Waals surface area contributed by atoms with E-state index in [2.05, 4.69) is 21.7 Å². The number of guanidine groups is 1. The fourth-order valence-corrected chi connectivity index (χ4v) is 2.62. The Hall–Kier alpha value is -1.37. The number of hydrogen-bond donors (Lipinski definition) is 2. The minimum Gasteiger partial charge on any atom is -0.379 e. The van der Waals surface area contributed by atoms with Crippen LogP contribution >= 0.6 is 24.0 Å². The molecule has 6 nitrogen and oxygen atoms in total. The average molecular weight is 472 g/mol. The molecule has 2 rings (SSSR count). The Bertz CT molecular complexity index is 583. The Labute approximate surface area is 173 Å². The number of halogens is 1. The first-order valence-electron chi connectivity index (χ1n) is 9.02. The SMILES string of the molecule is CCNC(=NCc1cccc(C#N)c1)NCCCOCC1CCCO1.I. The van der Waals surface area contributed by atoms with Crippen LogP contribution in [0.15, 0.2) is 29.3 Å². The number of aliphatic imine (C=N–C) groups is 1. The van der Waals surface area contributed by atoms with Gasteiger partial charge in [0, 0.05) is 26.3 Å². The molecule has 7 heteroatoms. The van der Waals surface area contributed by atoms with Gasteiger partial charge in [0.2, 0.25) is 0 Å². The lowest BCUT2D eigenvalue weighted by atomic mass is 10.1. The molecule has 0 spiro atoms. The Morgan fingerprint density at radius 2 is 2.31 bits per heavy atom. The number of hydrogen-bond acceptors (Lipinski definition) is 4. The number of rotatable bonds is 9. The lowest BCUT2D eigenvalue weighted by Gasteiger charge is -2.12. The molecule has 144 valence electrons. The average Bonchev–Trinajstić information content (AvgIpc) is 3.16. The van der Waals surface area contributed by atoms with Crippen molar-refractivity contribution in [1.29, 1.82) is 5.26 Å². The van der Waals surface area contributed by atoms with Crippen LogP contribution in [-0.4, -0.2) is 45.0 Å². The van der Waals surface area contributed by atoms with Gasteiger partial charge < -0.3 is 20.1 Å². The van der Waals surface area contributed by atoms with Crippen LogP contribution in [0.1, 0.15) is 37.3 Å². The molecule has 1 unspecified atom stereocenters. The quantitative estimate of drug-likeness (QED) is 0.250. The number of benzene rings is 1. The molecule has 0 bridgehead atoms. The van der Waals surface area contributed by atoms with Gasteiger partial charge in [0.15, 0.2) is 5.96 Å². The third kappa shape index (κ3) is 8.83. The molecule has 1 aliphatic rings. The van der Waals surface area contributed by atoms with Gasteiger partial charge in [0.05, 0.1) is 30.9 Å². The zero-order valence-electron chi connectivity index (χ0n) is 15.4. The zero-order valence-corrected chi connectivity index (χ0v) is 17.7. The predicted octanol–water partition coefficient (Wildman–Crippen LogP) is 2.82. The van der Waals surface area contributed by atoms with Crippen LogP contribution in [0.3, 0.4) is 0 Å². The molecule has 1 aliphatic heterocycles. The van der Waals surface area contributed by atoms with Crippen LogP contribution in [0.2, 0.25) is 0 Å². The van der Waals surface area contributed by atoms with E-state index in [0.29, 0.717) is 18.7 Å². The summed E-state index contributed by atoms with van der Waals surface area (Å²) in [7, 11) is 0. The molecule has 2 N–H and O–H groups in total. The lowest BCUT2D eigenvalue weighted by molar-refractivity contribution is 0.0168. The summed E-state index contributed by atoms with van der Waals surface area (Å²) in [5, 5.41) is 15.5. The largest absolute Gasteiger partial charge is 0.379 e. The van der Waals surface area contributed by atoms with E-state index >= 15 is 0 Å². The number of nitriles is 1. The molecule has 0 amide bonds. The molecule has 0 saturated carbocycles. The summed E-state index contributed by atoms with van der Waals surface area (Å²) in [6.45, 7) is 6.48. The van der Waals surface area contributed by atoms with Crippen molar-refractivity contribution in [1.82, 2.24) is 10.6 Å². The molecule has 0 aliphatic carbocycles. The molecular weight excluding hydrogens is 443 g/mol. The molecule has 1 saturated heterocycles. The van der Waals surface area contributed by atoms with Gasteiger partial charge in [-0.3, -0.25) is 0 Å². The van der Waals surface area contributed by atoms with Crippen molar-refractivity contribution < 1.29 is 9.47 Å². The van der Waals surface area contributed by atoms with Crippen LogP contribution in [0.4, 0.5) is 0 Å². The van der Waals surface area contributed by atoms with Crippen LogP contribution in [0.5, 0.6) is 0 Å². The van der Waals surface area contributed by atoms with E-state index in [0.717, 1.165) is 57.1 Å². The van der Waals surface area contributed by atoms with E-state index < -0.39 is 0 Å². The Morgan fingerprint density at radius 1 is 1.42 bits per heavy atom. The second-order valence-corrected chi connectivity index (χ2v) is 6.00. The molecule has 1 fully saturated rings. The van der Waals surface area contributed by atoms with Crippen molar-refractivity contribution in [3.05, 3.63) is 35.4 Å². The zero-order chi connectivity index (χ0) is 17.7. The lowest BCUT2D eigenvalue weighted by Crippen LogP contribution is -2.38. The van der Waals surface area contributed by atoms with E-state index in [1.165, 1.54) is 0 Å². The third-order valence-electron chi connectivity index (χ3n) is 3.91. The molecule has 0 aromatic heterocycles. The molecule has 1 aromatic carbocycles. The van der Waals surface area contributed by atoms with E-state index in [1.807, 2.05) is 25.1 Å². The van der Waals surface area contributed by atoms with Gasteiger partial charge in [-0.25, -0.2) is 4.99 Å². The van der Waals surface area contributed by atoms with Gasteiger partial charge in [0.25, 0.3) is 0 Å². The predicted molar refractivity (Wildman–Crippen MR) is 114 cm³/mol. The van der Waals surface area contributed by atoms with Crippen molar-refractivity contribution in [2.45, 2.75) is 38.8 Å². The van der Waals surface area contributed by atoms with Gasteiger partial charge >= 0.3 is 0 Å². The highest BCUT2D eigenvalue weighted by Crippen LogP contribution is 2.11. The fraction of sp³-hybridized carbons (Fsp3) is 0.579. The Balaban J connectivity index is 0.00000338. The van der Waals surface area contributed by atoms with Crippen molar-refractivity contribution in [3.8, 4) is 6.07 Å². The summed E-state index contributed by atoms with van der Waals surface area (Å²) in [6.07, 6.45) is 3.47. The normalized spacial score (nSPS) is 16.6. The monoisotopic (exact) mass is 472 g/mol. The maximum Gasteiger partial charge on any atom is 0.191 e. The van der Waals surface area contributed by atoms with E-state index in [9.17, 15) is 0 Å². The number of ether oxygens (including phenoxy) is 2. The van der Waals surface area contributed by atoms with E-state index in [1.54, 1.807) is 6.07 Å². The summed E-state index contributed by atoms with van der Waals surface area (Å²) in [5.74, 6) is 0.781. The van der Waals surface area contributed by atoms with Crippen molar-refractivity contribution in [2.24, 2.45) is 4.99 Å². The first-order valence-corrected chi connectivity index (χ1v) is 9.02. The minimum absolute atomic E-state index is 0. The third-order valence-corrected chi connectivity index (χ3v) is 3.91. The smallest absolute Gasteiger partial charge is 0.191 e. The van der Waals surface area contributed by atoms with Gasteiger partial charge in [-0.15, -0.1) is 24.0 Å². The number of nitrogens with one attached hydrogen (secondary N) is 2. The second-order valence-electron chi connectivity index (χ2n) is 6.00. The van der Waals surface area contributed by atoms with Crippen molar-refractivity contribution in [2.75, 3.05) is 32.9 Å². The minimum atomic E-state index is 0. The van der Waals surface area contributed by atoms with Gasteiger partial charge in [-0.2, -0.15) is 5.26 Å². The summed E-state index contributed by atoms with van der Waals surface area (Å²) in [4.78, 5) is 4.56. The first kappa shape index (κ1) is 22.7. The Kier molecular flexibility index (Phi) is 12.0.